The number of nitrogen functional groups attached to an aromatic ring is 1. The van der Waals surface area contributed by atoms with E-state index in [0.717, 1.165) is 0 Å². The maximum Gasteiger partial charge on any atom is 0.239 e. The molecule has 0 saturated heterocycles. The Bertz CT molecular complexity index is 139. The van der Waals surface area contributed by atoms with Crippen molar-refractivity contribution in [2.24, 2.45) is 7.05 Å². The maximum atomic E-state index is 5.14. The van der Waals surface area contributed by atoms with Gasteiger partial charge in [-0.15, -0.1) is 5.10 Å². The van der Waals surface area contributed by atoms with Gasteiger partial charge in [0.25, 0.3) is 0 Å². The van der Waals surface area contributed by atoms with Crippen LogP contribution in [0.25, 0.3) is 0 Å². The first kappa shape index (κ1) is 4.11. The average molecular weight is 98.1 g/mol. The molecule has 4 heteroatoms. The summed E-state index contributed by atoms with van der Waals surface area (Å²) in [5, 5.41) is 3.69. The predicted octanol–water partition coefficient (Wildman–Crippen LogP) is -0.603. The van der Waals surface area contributed by atoms with E-state index < -0.39 is 0 Å². The van der Waals surface area contributed by atoms with Crippen LogP contribution in [0.5, 0.6) is 0 Å². The highest BCUT2D eigenvalue weighted by atomic mass is 15.3. The van der Waals surface area contributed by atoms with Gasteiger partial charge in [-0.25, -0.2) is 4.98 Å². The quantitative estimate of drug-likeness (QED) is 0.471. The molecule has 1 aromatic heterocycles. The summed E-state index contributed by atoms with van der Waals surface area (Å²) in [6, 6.07) is 0. The van der Waals surface area contributed by atoms with Crippen LogP contribution in [0.3, 0.4) is 0 Å². The minimum atomic E-state index is 0.322. The minimum Gasteiger partial charge on any atom is -0.367 e. The highest BCUT2D eigenvalue weighted by Crippen LogP contribution is 1.82. The van der Waals surface area contributed by atoms with Gasteiger partial charge in [-0.05, 0) is 0 Å². The lowest BCUT2D eigenvalue weighted by atomic mass is 11.1. The molecule has 0 aliphatic carbocycles. The summed E-state index contributed by atoms with van der Waals surface area (Å²) >= 11 is 0. The normalized spacial score (nSPS) is 9.29. The molecule has 0 aliphatic heterocycles. The van der Waals surface area contributed by atoms with Gasteiger partial charge >= 0.3 is 0 Å². The van der Waals surface area contributed by atoms with Crippen molar-refractivity contribution in [3.8, 4) is 0 Å². The Kier molecular flexibility index (Phi) is 0.714. The average Bonchev–Trinajstić information content (AvgIpc) is 1.87. The van der Waals surface area contributed by atoms with Crippen LogP contribution in [0.2, 0.25) is 0 Å². The van der Waals surface area contributed by atoms with Crippen LogP contribution in [-0.2, 0) is 7.05 Å². The summed E-state index contributed by atoms with van der Waals surface area (Å²) in [5.41, 5.74) is 5.14. The number of hydrogen-bond acceptors (Lipinski definition) is 3. The van der Waals surface area contributed by atoms with Crippen molar-refractivity contribution in [2.75, 3.05) is 5.73 Å². The Hall–Kier alpha value is -1.06. The Balaban J connectivity index is 3.04. The highest BCUT2D eigenvalue weighted by molar-refractivity contribution is 5.08. The van der Waals surface area contributed by atoms with E-state index in [9.17, 15) is 0 Å². The molecule has 0 radical (unpaired) electrons. The predicted molar refractivity (Wildman–Crippen MR) is 25.4 cm³/mol. The largest absolute Gasteiger partial charge is 0.367 e. The Morgan fingerprint density at radius 2 is 2.57 bits per heavy atom. The van der Waals surface area contributed by atoms with Crippen LogP contribution in [0.1, 0.15) is 0 Å². The lowest BCUT2D eigenvalue weighted by Gasteiger charge is -1.76. The highest BCUT2D eigenvalue weighted by Gasteiger charge is 1.84. The van der Waals surface area contributed by atoms with E-state index in [1.807, 2.05) is 0 Å². The minimum absolute atomic E-state index is 0.322. The van der Waals surface area contributed by atoms with Gasteiger partial charge in [0.15, 0.2) is 0 Å². The van der Waals surface area contributed by atoms with Gasteiger partial charge in [0, 0.05) is 7.05 Å². The van der Waals surface area contributed by atoms with Gasteiger partial charge < -0.3 is 5.73 Å². The topological polar surface area (TPSA) is 56.7 Å². The molecule has 0 unspecified atom stereocenters. The standard InChI is InChI=1S/C3H6N4/c1-7-2-5-3(4)6-7/h2H,1H3,(H2,4,6). The van der Waals surface area contributed by atoms with Crippen molar-refractivity contribution in [1.29, 1.82) is 0 Å². The van der Waals surface area contributed by atoms with Crippen molar-refractivity contribution in [1.82, 2.24) is 14.8 Å². The third-order valence-corrected chi connectivity index (χ3v) is 0.617. The zero-order valence-corrected chi connectivity index (χ0v) is 4.00. The number of hydrogen-bond donors (Lipinski definition) is 1. The first-order valence-electron chi connectivity index (χ1n) is 1.90. The SMILES string of the molecule is Cn1cnc(N)n1. The summed E-state index contributed by atoms with van der Waals surface area (Å²) in [5.74, 6) is 0.322. The molecule has 0 bridgehead atoms. The molecule has 0 aromatic carbocycles. The van der Waals surface area contributed by atoms with E-state index in [1.54, 1.807) is 18.1 Å². The molecule has 2 N–H and O–H groups in total. The molecule has 0 saturated carbocycles. The van der Waals surface area contributed by atoms with Crippen LogP contribution in [-0.4, -0.2) is 14.8 Å². The van der Waals surface area contributed by atoms with Crippen LogP contribution in [0.15, 0.2) is 6.33 Å². The van der Waals surface area contributed by atoms with Gasteiger partial charge in [0.05, 0.1) is 0 Å². The molecule has 1 heterocycles. The molecule has 0 spiro atoms. The fourth-order valence-electron chi connectivity index (χ4n) is 0.356. The van der Waals surface area contributed by atoms with Gasteiger partial charge in [0.1, 0.15) is 6.33 Å². The van der Waals surface area contributed by atoms with E-state index >= 15 is 0 Å². The second-order valence-electron chi connectivity index (χ2n) is 1.28. The Morgan fingerprint density at radius 1 is 1.86 bits per heavy atom. The number of rotatable bonds is 0. The molecule has 0 atom stereocenters. The smallest absolute Gasteiger partial charge is 0.239 e. The summed E-state index contributed by atoms with van der Waals surface area (Å²) in [4.78, 5) is 3.65. The van der Waals surface area contributed by atoms with E-state index in [1.165, 1.54) is 0 Å². The second-order valence-corrected chi connectivity index (χ2v) is 1.28. The monoisotopic (exact) mass is 98.1 g/mol. The molecule has 7 heavy (non-hydrogen) atoms. The molecule has 4 nitrogen and oxygen atoms in total. The third kappa shape index (κ3) is 0.677. The zero-order chi connectivity index (χ0) is 5.28. The van der Waals surface area contributed by atoms with E-state index in [2.05, 4.69) is 10.1 Å². The van der Waals surface area contributed by atoms with Crippen LogP contribution in [0, 0.1) is 0 Å². The summed E-state index contributed by atoms with van der Waals surface area (Å²) in [6.07, 6.45) is 1.55. The van der Waals surface area contributed by atoms with Gasteiger partial charge in [-0.2, -0.15) is 0 Å². The Morgan fingerprint density at radius 3 is 2.71 bits per heavy atom. The van der Waals surface area contributed by atoms with E-state index in [-0.39, 0.29) is 0 Å². The summed E-state index contributed by atoms with van der Waals surface area (Å²) in [6.45, 7) is 0. The van der Waals surface area contributed by atoms with Crippen LogP contribution >= 0.6 is 0 Å². The van der Waals surface area contributed by atoms with Crippen LogP contribution in [0.4, 0.5) is 5.95 Å². The number of nitrogens with two attached hydrogens (primary N) is 1. The second kappa shape index (κ2) is 1.22. The van der Waals surface area contributed by atoms with Crippen molar-refractivity contribution >= 4 is 5.95 Å². The van der Waals surface area contributed by atoms with Gasteiger partial charge in [0.2, 0.25) is 5.95 Å². The Labute approximate surface area is 41.0 Å². The first-order valence-corrected chi connectivity index (χ1v) is 1.90. The molecular weight excluding hydrogens is 92.1 g/mol. The molecular formula is C3H6N4. The maximum absolute atomic E-state index is 5.14. The number of nitrogens with zero attached hydrogens (tertiary/aromatic N) is 3. The molecule has 0 amide bonds. The van der Waals surface area contributed by atoms with Gasteiger partial charge in [-0.1, -0.05) is 0 Å². The van der Waals surface area contributed by atoms with Crippen molar-refractivity contribution in [3.63, 3.8) is 0 Å². The molecule has 0 aliphatic rings. The molecule has 1 rings (SSSR count). The molecule has 38 valence electrons. The fraction of sp³-hybridized carbons (Fsp3) is 0.333. The fourth-order valence-corrected chi connectivity index (χ4v) is 0.356. The van der Waals surface area contributed by atoms with E-state index in [4.69, 9.17) is 5.73 Å². The number of anilines is 1. The van der Waals surface area contributed by atoms with Crippen LogP contribution < -0.4 is 5.73 Å². The van der Waals surface area contributed by atoms with Gasteiger partial charge in [-0.3, -0.25) is 4.68 Å². The lowest BCUT2D eigenvalue weighted by Crippen LogP contribution is -1.90. The molecule has 1 aromatic rings. The molecule has 0 fully saturated rings. The van der Waals surface area contributed by atoms with E-state index in [0.29, 0.717) is 5.95 Å². The summed E-state index contributed by atoms with van der Waals surface area (Å²) < 4.78 is 1.55. The van der Waals surface area contributed by atoms with Crippen molar-refractivity contribution in [3.05, 3.63) is 6.33 Å². The first-order chi connectivity index (χ1) is 3.29. The lowest BCUT2D eigenvalue weighted by molar-refractivity contribution is 0.769. The van der Waals surface area contributed by atoms with Crippen molar-refractivity contribution < 1.29 is 0 Å². The number of aromatic nitrogens is 3. The number of aryl methyl sites for hydroxylation is 1. The summed E-state index contributed by atoms with van der Waals surface area (Å²) in [7, 11) is 1.77. The zero-order valence-electron chi connectivity index (χ0n) is 4.00. The van der Waals surface area contributed by atoms with Crippen molar-refractivity contribution in [2.45, 2.75) is 0 Å². The third-order valence-electron chi connectivity index (χ3n) is 0.617.